The molecule has 1 heterocycles. The van der Waals surface area contributed by atoms with Gasteiger partial charge in [0.05, 0.1) is 19.4 Å². The highest BCUT2D eigenvalue weighted by molar-refractivity contribution is 5.72. The highest BCUT2D eigenvalue weighted by Gasteiger charge is 2.12. The number of hydrogen-bond donors (Lipinski definition) is 1. The predicted octanol–water partition coefficient (Wildman–Crippen LogP) is 3.37. The van der Waals surface area contributed by atoms with Gasteiger partial charge in [-0.1, -0.05) is 38.1 Å². The van der Waals surface area contributed by atoms with Crippen LogP contribution in [-0.2, 0) is 6.61 Å². The fourth-order valence-electron chi connectivity index (χ4n) is 2.12. The average Bonchev–Trinajstić information content (AvgIpc) is 2.46. The molecule has 0 unspecified atom stereocenters. The molecule has 3 nitrogen and oxygen atoms in total. The third kappa shape index (κ3) is 2.76. The van der Waals surface area contributed by atoms with Crippen LogP contribution in [0.25, 0.3) is 11.1 Å². The molecular weight excluding hydrogens is 238 g/mol. The van der Waals surface area contributed by atoms with Crippen molar-refractivity contribution in [1.82, 2.24) is 4.98 Å². The zero-order valence-electron chi connectivity index (χ0n) is 11.6. The van der Waals surface area contributed by atoms with Gasteiger partial charge in [-0.15, -0.1) is 0 Å². The van der Waals surface area contributed by atoms with Crippen LogP contribution in [0.5, 0.6) is 5.75 Å². The van der Waals surface area contributed by atoms with Gasteiger partial charge < -0.3 is 9.84 Å². The normalized spacial score (nSPS) is 10.8. The molecule has 0 aliphatic heterocycles. The molecule has 1 aromatic carbocycles. The topological polar surface area (TPSA) is 42.4 Å². The van der Waals surface area contributed by atoms with Gasteiger partial charge in [-0.25, -0.2) is 0 Å². The molecule has 0 amide bonds. The Morgan fingerprint density at radius 3 is 2.37 bits per heavy atom. The van der Waals surface area contributed by atoms with E-state index in [1.807, 2.05) is 18.2 Å². The maximum atomic E-state index is 9.42. The number of hydrogen-bond acceptors (Lipinski definition) is 3. The fourth-order valence-corrected chi connectivity index (χ4v) is 2.12. The molecule has 100 valence electrons. The second-order valence-corrected chi connectivity index (χ2v) is 4.77. The number of aliphatic hydroxyl groups excluding tert-OH is 1. The number of pyridine rings is 1. The molecule has 2 aromatic rings. The number of nitrogens with zero attached hydrogens (tertiary/aromatic N) is 1. The molecule has 0 aliphatic rings. The van der Waals surface area contributed by atoms with E-state index in [1.165, 1.54) is 5.56 Å². The Morgan fingerprint density at radius 2 is 1.84 bits per heavy atom. The molecule has 0 saturated heterocycles. The summed E-state index contributed by atoms with van der Waals surface area (Å²) in [5.41, 5.74) is 3.80. The van der Waals surface area contributed by atoms with E-state index in [2.05, 4.69) is 31.0 Å². The summed E-state index contributed by atoms with van der Waals surface area (Å²) in [5, 5.41) is 9.42. The van der Waals surface area contributed by atoms with Crippen LogP contribution in [0.2, 0.25) is 0 Å². The van der Waals surface area contributed by atoms with E-state index in [0.29, 0.717) is 11.6 Å². The number of aliphatic hydroxyl groups is 1. The zero-order chi connectivity index (χ0) is 13.8. The first-order valence-corrected chi connectivity index (χ1v) is 6.40. The van der Waals surface area contributed by atoms with Crippen molar-refractivity contribution >= 4 is 0 Å². The van der Waals surface area contributed by atoms with Crippen molar-refractivity contribution in [2.75, 3.05) is 7.11 Å². The van der Waals surface area contributed by atoms with E-state index < -0.39 is 0 Å². The van der Waals surface area contributed by atoms with Crippen molar-refractivity contribution in [3.05, 3.63) is 47.8 Å². The molecule has 1 aromatic heterocycles. The van der Waals surface area contributed by atoms with Crippen molar-refractivity contribution in [1.29, 1.82) is 0 Å². The number of rotatable bonds is 4. The lowest BCUT2D eigenvalue weighted by Crippen LogP contribution is -1.98. The van der Waals surface area contributed by atoms with Gasteiger partial charge >= 0.3 is 0 Å². The summed E-state index contributed by atoms with van der Waals surface area (Å²) in [6, 6.07) is 10.1. The first-order chi connectivity index (χ1) is 9.17. The summed E-state index contributed by atoms with van der Waals surface area (Å²) in [5.74, 6) is 1.23. The van der Waals surface area contributed by atoms with Crippen LogP contribution >= 0.6 is 0 Å². The summed E-state index contributed by atoms with van der Waals surface area (Å²) in [7, 11) is 1.63. The van der Waals surface area contributed by atoms with E-state index in [1.54, 1.807) is 13.3 Å². The zero-order valence-corrected chi connectivity index (χ0v) is 11.6. The highest BCUT2D eigenvalue weighted by Crippen LogP contribution is 2.33. The van der Waals surface area contributed by atoms with Crippen molar-refractivity contribution in [2.45, 2.75) is 26.4 Å². The SMILES string of the molecule is COc1ccnc(CO)c1-c1ccc(C(C)C)cc1. The van der Waals surface area contributed by atoms with Crippen LogP contribution in [0.4, 0.5) is 0 Å². The first kappa shape index (κ1) is 13.6. The van der Waals surface area contributed by atoms with Crippen molar-refractivity contribution in [2.24, 2.45) is 0 Å². The Balaban J connectivity index is 2.51. The largest absolute Gasteiger partial charge is 0.496 e. The second-order valence-electron chi connectivity index (χ2n) is 4.77. The van der Waals surface area contributed by atoms with Gasteiger partial charge in [-0.2, -0.15) is 0 Å². The minimum atomic E-state index is -0.0987. The van der Waals surface area contributed by atoms with Gasteiger partial charge in [0.2, 0.25) is 0 Å². The van der Waals surface area contributed by atoms with Gasteiger partial charge in [0.25, 0.3) is 0 Å². The van der Waals surface area contributed by atoms with Gasteiger partial charge in [0, 0.05) is 11.8 Å². The molecule has 3 heteroatoms. The third-order valence-electron chi connectivity index (χ3n) is 3.23. The standard InChI is InChI=1S/C16H19NO2/c1-11(2)12-4-6-13(7-5-12)16-14(10-18)17-9-8-15(16)19-3/h4-9,11,18H,10H2,1-3H3. The Morgan fingerprint density at radius 1 is 1.16 bits per heavy atom. The third-order valence-corrected chi connectivity index (χ3v) is 3.23. The average molecular weight is 257 g/mol. The van der Waals surface area contributed by atoms with Crippen LogP contribution < -0.4 is 4.74 Å². The molecule has 0 spiro atoms. The molecule has 19 heavy (non-hydrogen) atoms. The van der Waals surface area contributed by atoms with Crippen molar-refractivity contribution in [3.63, 3.8) is 0 Å². The minimum absolute atomic E-state index is 0.0987. The van der Waals surface area contributed by atoms with Crippen LogP contribution in [0, 0.1) is 0 Å². The molecule has 0 aliphatic carbocycles. The number of ether oxygens (including phenoxy) is 1. The van der Waals surface area contributed by atoms with E-state index in [4.69, 9.17) is 4.74 Å². The monoisotopic (exact) mass is 257 g/mol. The van der Waals surface area contributed by atoms with E-state index >= 15 is 0 Å². The van der Waals surface area contributed by atoms with Gasteiger partial charge in [0.15, 0.2) is 0 Å². The quantitative estimate of drug-likeness (QED) is 0.913. The van der Waals surface area contributed by atoms with Gasteiger partial charge in [-0.05, 0) is 23.1 Å². The van der Waals surface area contributed by atoms with Crippen LogP contribution in [0.1, 0.15) is 31.0 Å². The number of aromatic nitrogens is 1. The summed E-state index contributed by atoms with van der Waals surface area (Å²) >= 11 is 0. The fraction of sp³-hybridized carbons (Fsp3) is 0.312. The predicted molar refractivity (Wildman–Crippen MR) is 76.2 cm³/mol. The summed E-state index contributed by atoms with van der Waals surface area (Å²) < 4.78 is 5.37. The maximum absolute atomic E-state index is 9.42. The van der Waals surface area contributed by atoms with Crippen molar-refractivity contribution in [3.8, 4) is 16.9 Å². The molecule has 0 fully saturated rings. The molecule has 0 bridgehead atoms. The Bertz CT molecular complexity index is 525. The Hall–Kier alpha value is -1.87. The second kappa shape index (κ2) is 5.85. The van der Waals surface area contributed by atoms with Gasteiger partial charge in [0.1, 0.15) is 5.75 Å². The molecule has 0 saturated carbocycles. The molecule has 0 radical (unpaired) electrons. The molecular formula is C16H19NO2. The highest BCUT2D eigenvalue weighted by atomic mass is 16.5. The summed E-state index contributed by atoms with van der Waals surface area (Å²) in [4.78, 5) is 4.21. The lowest BCUT2D eigenvalue weighted by atomic mass is 9.97. The Kier molecular flexibility index (Phi) is 4.17. The summed E-state index contributed by atoms with van der Waals surface area (Å²) in [6.07, 6.45) is 1.65. The van der Waals surface area contributed by atoms with Crippen LogP contribution in [-0.4, -0.2) is 17.2 Å². The van der Waals surface area contributed by atoms with Crippen LogP contribution in [0.3, 0.4) is 0 Å². The number of benzene rings is 1. The molecule has 0 atom stereocenters. The van der Waals surface area contributed by atoms with E-state index in [-0.39, 0.29) is 6.61 Å². The molecule has 1 N–H and O–H groups in total. The maximum Gasteiger partial charge on any atom is 0.130 e. The lowest BCUT2D eigenvalue weighted by molar-refractivity contribution is 0.276. The number of methoxy groups -OCH3 is 1. The smallest absolute Gasteiger partial charge is 0.130 e. The van der Waals surface area contributed by atoms with Gasteiger partial charge in [-0.3, -0.25) is 4.98 Å². The first-order valence-electron chi connectivity index (χ1n) is 6.40. The van der Waals surface area contributed by atoms with E-state index in [0.717, 1.165) is 16.9 Å². The Labute approximate surface area is 113 Å². The minimum Gasteiger partial charge on any atom is -0.496 e. The van der Waals surface area contributed by atoms with E-state index in [9.17, 15) is 5.11 Å². The van der Waals surface area contributed by atoms with Crippen molar-refractivity contribution < 1.29 is 9.84 Å². The molecule has 2 rings (SSSR count). The van der Waals surface area contributed by atoms with Crippen LogP contribution in [0.15, 0.2) is 36.5 Å². The summed E-state index contributed by atoms with van der Waals surface area (Å²) in [6.45, 7) is 4.23. The lowest BCUT2D eigenvalue weighted by Gasteiger charge is -2.13.